The highest BCUT2D eigenvalue weighted by atomic mass is 35.5. The Morgan fingerprint density at radius 3 is 2.52 bits per heavy atom. The van der Waals surface area contributed by atoms with E-state index in [9.17, 15) is 13.2 Å². The molecule has 2 aliphatic rings. The molecular formula is C19H29ClN2O3S2. The molecule has 0 radical (unpaired) electrons. The van der Waals surface area contributed by atoms with E-state index < -0.39 is 9.84 Å². The minimum absolute atomic E-state index is 0. The molecule has 2 N–H and O–H groups in total. The Labute approximate surface area is 172 Å². The maximum Gasteiger partial charge on any atom is 0.233 e. The summed E-state index contributed by atoms with van der Waals surface area (Å²) in [5, 5.41) is 6.42. The number of sulfone groups is 1. The monoisotopic (exact) mass is 432 g/mol. The van der Waals surface area contributed by atoms with E-state index in [0.717, 1.165) is 12.8 Å². The number of thioether (sulfide) groups is 1. The van der Waals surface area contributed by atoms with Gasteiger partial charge < -0.3 is 10.6 Å². The first-order valence-electron chi connectivity index (χ1n) is 9.44. The number of nitrogens with one attached hydrogen (secondary N) is 2. The van der Waals surface area contributed by atoms with Crippen LogP contribution in [0.5, 0.6) is 0 Å². The van der Waals surface area contributed by atoms with Gasteiger partial charge in [0.1, 0.15) is 0 Å². The minimum atomic E-state index is -3.31. The first kappa shape index (κ1) is 22.5. The van der Waals surface area contributed by atoms with Crippen LogP contribution in [-0.2, 0) is 14.6 Å². The van der Waals surface area contributed by atoms with Crippen molar-refractivity contribution in [3.05, 3.63) is 24.3 Å². The third kappa shape index (κ3) is 5.62. The SMILES string of the molecule is CCCS(=O)(=O)c1ccccc1SC(C)C(=O)NC1CC2CCC(C1)N2.Cl. The second-order valence-corrected chi connectivity index (χ2v) is 10.8. The molecular weight excluding hydrogens is 404 g/mol. The van der Waals surface area contributed by atoms with Crippen molar-refractivity contribution in [2.45, 2.75) is 79.1 Å². The lowest BCUT2D eigenvalue weighted by Gasteiger charge is -2.30. The van der Waals surface area contributed by atoms with E-state index in [2.05, 4.69) is 10.6 Å². The molecule has 0 saturated carbocycles. The molecule has 1 aromatic carbocycles. The highest BCUT2D eigenvalue weighted by Gasteiger charge is 2.34. The fraction of sp³-hybridized carbons (Fsp3) is 0.632. The van der Waals surface area contributed by atoms with Gasteiger partial charge in [0.05, 0.1) is 15.9 Å². The number of fused-ring (bicyclic) bond motifs is 2. The van der Waals surface area contributed by atoms with Crippen LogP contribution in [0, 0.1) is 0 Å². The Hall–Kier alpha value is -0.760. The van der Waals surface area contributed by atoms with Crippen LogP contribution in [0.15, 0.2) is 34.1 Å². The van der Waals surface area contributed by atoms with E-state index >= 15 is 0 Å². The molecule has 27 heavy (non-hydrogen) atoms. The summed E-state index contributed by atoms with van der Waals surface area (Å²) in [5.74, 6) is 0.118. The Morgan fingerprint density at radius 2 is 1.89 bits per heavy atom. The van der Waals surface area contributed by atoms with Crippen LogP contribution in [0.1, 0.15) is 46.0 Å². The molecule has 152 valence electrons. The zero-order chi connectivity index (χ0) is 18.7. The van der Waals surface area contributed by atoms with Crippen LogP contribution in [-0.4, -0.2) is 43.5 Å². The van der Waals surface area contributed by atoms with E-state index in [1.54, 1.807) is 18.2 Å². The topological polar surface area (TPSA) is 75.3 Å². The summed E-state index contributed by atoms with van der Waals surface area (Å²) in [6, 6.07) is 8.28. The number of carbonyl (C=O) groups excluding carboxylic acids is 1. The number of amides is 1. The fourth-order valence-electron chi connectivity index (χ4n) is 3.92. The third-order valence-electron chi connectivity index (χ3n) is 5.15. The van der Waals surface area contributed by atoms with Crippen molar-refractivity contribution < 1.29 is 13.2 Å². The molecule has 0 aliphatic carbocycles. The van der Waals surface area contributed by atoms with E-state index in [4.69, 9.17) is 0 Å². The first-order chi connectivity index (χ1) is 12.4. The second kappa shape index (κ2) is 9.63. The van der Waals surface area contributed by atoms with Gasteiger partial charge in [-0.15, -0.1) is 24.2 Å². The minimum Gasteiger partial charge on any atom is -0.352 e. The smallest absolute Gasteiger partial charge is 0.233 e. The predicted molar refractivity (Wildman–Crippen MR) is 112 cm³/mol. The molecule has 1 amide bonds. The zero-order valence-corrected chi connectivity index (χ0v) is 18.3. The maximum atomic E-state index is 12.6. The lowest BCUT2D eigenvalue weighted by atomic mass is 10.00. The van der Waals surface area contributed by atoms with Crippen molar-refractivity contribution >= 4 is 39.9 Å². The average Bonchev–Trinajstić information content (AvgIpc) is 2.93. The maximum absolute atomic E-state index is 12.6. The molecule has 2 fully saturated rings. The van der Waals surface area contributed by atoms with Crippen LogP contribution in [0.3, 0.4) is 0 Å². The Balaban J connectivity index is 0.00000261. The van der Waals surface area contributed by atoms with Gasteiger partial charge in [0, 0.05) is 23.0 Å². The summed E-state index contributed by atoms with van der Waals surface area (Å²) in [4.78, 5) is 13.6. The normalized spacial score (nSPS) is 25.5. The summed E-state index contributed by atoms with van der Waals surface area (Å²) >= 11 is 1.33. The number of benzene rings is 1. The molecule has 5 nitrogen and oxygen atoms in total. The molecule has 8 heteroatoms. The van der Waals surface area contributed by atoms with Crippen LogP contribution < -0.4 is 10.6 Å². The van der Waals surface area contributed by atoms with Gasteiger partial charge in [-0.3, -0.25) is 4.79 Å². The van der Waals surface area contributed by atoms with Crippen molar-refractivity contribution in [3.8, 4) is 0 Å². The lowest BCUT2D eigenvalue weighted by Crippen LogP contribution is -2.49. The van der Waals surface area contributed by atoms with Gasteiger partial charge in [-0.2, -0.15) is 0 Å². The lowest BCUT2D eigenvalue weighted by molar-refractivity contribution is -0.121. The quantitative estimate of drug-likeness (QED) is 0.647. The highest BCUT2D eigenvalue weighted by molar-refractivity contribution is 8.01. The van der Waals surface area contributed by atoms with Gasteiger partial charge in [0.15, 0.2) is 9.84 Å². The van der Waals surface area contributed by atoms with Crippen molar-refractivity contribution in [2.75, 3.05) is 5.75 Å². The molecule has 2 heterocycles. The van der Waals surface area contributed by atoms with E-state index in [0.29, 0.717) is 28.3 Å². The summed E-state index contributed by atoms with van der Waals surface area (Å²) in [6.07, 6.45) is 4.95. The number of hydrogen-bond donors (Lipinski definition) is 2. The number of hydrogen-bond acceptors (Lipinski definition) is 5. The first-order valence-corrected chi connectivity index (χ1v) is 12.0. The number of piperidine rings is 1. The summed E-state index contributed by atoms with van der Waals surface area (Å²) < 4.78 is 25.0. The molecule has 2 saturated heterocycles. The van der Waals surface area contributed by atoms with Gasteiger partial charge in [-0.25, -0.2) is 8.42 Å². The van der Waals surface area contributed by atoms with Crippen LogP contribution >= 0.6 is 24.2 Å². The fourth-order valence-corrected chi connectivity index (χ4v) is 6.76. The molecule has 1 aromatic rings. The van der Waals surface area contributed by atoms with Crippen molar-refractivity contribution in [1.82, 2.24) is 10.6 Å². The molecule has 2 aliphatic heterocycles. The van der Waals surface area contributed by atoms with E-state index in [1.165, 1.54) is 24.6 Å². The molecule has 3 rings (SSSR count). The van der Waals surface area contributed by atoms with E-state index in [-0.39, 0.29) is 35.4 Å². The van der Waals surface area contributed by atoms with E-state index in [1.807, 2.05) is 19.9 Å². The summed E-state index contributed by atoms with van der Waals surface area (Å²) in [7, 11) is -3.31. The Morgan fingerprint density at radius 1 is 1.26 bits per heavy atom. The van der Waals surface area contributed by atoms with Gasteiger partial charge >= 0.3 is 0 Å². The van der Waals surface area contributed by atoms with Gasteiger partial charge in [0.2, 0.25) is 5.91 Å². The van der Waals surface area contributed by atoms with Crippen LogP contribution in [0.25, 0.3) is 0 Å². The molecule has 0 aromatic heterocycles. The third-order valence-corrected chi connectivity index (χ3v) is 8.43. The van der Waals surface area contributed by atoms with Gasteiger partial charge in [-0.05, 0) is 51.2 Å². The average molecular weight is 433 g/mol. The van der Waals surface area contributed by atoms with Crippen molar-refractivity contribution in [2.24, 2.45) is 0 Å². The Bertz CT molecular complexity index is 745. The summed E-state index contributed by atoms with van der Waals surface area (Å²) in [6.45, 7) is 3.70. The number of halogens is 1. The second-order valence-electron chi connectivity index (χ2n) is 7.34. The molecule has 3 atom stereocenters. The van der Waals surface area contributed by atoms with Crippen molar-refractivity contribution in [3.63, 3.8) is 0 Å². The summed E-state index contributed by atoms with van der Waals surface area (Å²) in [5.41, 5.74) is 0. The van der Waals surface area contributed by atoms with Crippen molar-refractivity contribution in [1.29, 1.82) is 0 Å². The highest BCUT2D eigenvalue weighted by Crippen LogP contribution is 2.31. The van der Waals surface area contributed by atoms with Crippen LogP contribution in [0.4, 0.5) is 0 Å². The zero-order valence-electron chi connectivity index (χ0n) is 15.8. The standard InChI is InChI=1S/C19H28N2O3S2.ClH/c1-3-10-26(23,24)18-7-5-4-6-17(18)25-13(2)19(22)21-16-11-14-8-9-15(12-16)20-14;/h4-7,13-16,20H,3,8-12H2,1-2H3,(H,21,22);1H. The largest absolute Gasteiger partial charge is 0.352 e. The van der Waals surface area contributed by atoms with Crippen LogP contribution in [0.2, 0.25) is 0 Å². The number of rotatable bonds is 7. The molecule has 2 bridgehead atoms. The Kier molecular flexibility index (Phi) is 8.04. The molecule has 0 spiro atoms. The number of carbonyl (C=O) groups is 1. The van der Waals surface area contributed by atoms with Gasteiger partial charge in [0.25, 0.3) is 0 Å². The predicted octanol–water partition coefficient (Wildman–Crippen LogP) is 3.17. The van der Waals surface area contributed by atoms with Gasteiger partial charge in [-0.1, -0.05) is 19.1 Å². The molecule has 3 unspecified atom stereocenters.